The molecule has 2 aromatic heterocycles. The van der Waals surface area contributed by atoms with Gasteiger partial charge in [0.15, 0.2) is 0 Å². The molecular weight excluding hydrogens is 690 g/mol. The van der Waals surface area contributed by atoms with Gasteiger partial charge in [0.05, 0.1) is 26.2 Å². The molecule has 1 aliphatic rings. The van der Waals surface area contributed by atoms with Crippen LogP contribution in [0.2, 0.25) is 10.6 Å². The van der Waals surface area contributed by atoms with Crippen molar-refractivity contribution in [2.45, 2.75) is 27.7 Å². The fraction of sp³-hybridized carbons (Fsp3) is 0.308. The first-order chi connectivity index (χ1) is 21.3. The predicted molar refractivity (Wildman–Crippen MR) is 159 cm³/mol. The topological polar surface area (TPSA) is 114 Å². The molecule has 3 heterocycles. The van der Waals surface area contributed by atoms with E-state index in [4.69, 9.17) is 42.1 Å². The molecule has 5 rings (SSSR count). The van der Waals surface area contributed by atoms with E-state index in [9.17, 15) is 25.2 Å². The van der Waals surface area contributed by atoms with Crippen molar-refractivity contribution in [2.75, 3.05) is 26.2 Å². The second kappa shape index (κ2) is 13.9. The number of halogens is 8. The zero-order chi connectivity index (χ0) is 34.2. The molecule has 8 bridgehead atoms. The van der Waals surface area contributed by atoms with E-state index in [0.717, 1.165) is 0 Å². The second-order valence-electron chi connectivity index (χ2n) is 9.26. The number of nitrogens with zero attached hydrogens (tertiary/aromatic N) is 7. The molecule has 0 amide bonds. The van der Waals surface area contributed by atoms with Crippen molar-refractivity contribution in [3.8, 4) is 47.0 Å². The molecule has 46 heavy (non-hydrogen) atoms. The van der Waals surface area contributed by atoms with Crippen LogP contribution in [-0.4, -0.2) is 60.6 Å². The molecule has 0 radical (unpaired) electrons. The standard InChI is InChI=1S/C18H8Cl2N6O4.C8H20N.F6P/c19-13-21-15-25-17(23-13)29-11-5-2-6-12(8-11)30-18-24-14(20)22-16(26-18)28-10-4-1-3-9(7-10)27-15;1-5-9(6-2,7-3)8-4;1-7(2,3,4,5)6/h1-8H;5-8H2,1-4H3;/q;+1;-1. The van der Waals surface area contributed by atoms with Crippen molar-refractivity contribution >= 4 is 31.0 Å². The van der Waals surface area contributed by atoms with Crippen LogP contribution in [0, 0.1) is 0 Å². The Morgan fingerprint density at radius 3 is 0.957 bits per heavy atom. The summed E-state index contributed by atoms with van der Waals surface area (Å²) < 4.78 is 83.1. The zero-order valence-corrected chi connectivity index (χ0v) is 27.1. The van der Waals surface area contributed by atoms with Gasteiger partial charge in [0.25, 0.3) is 0 Å². The first-order valence-electron chi connectivity index (χ1n) is 13.4. The van der Waals surface area contributed by atoms with Crippen molar-refractivity contribution in [3.05, 3.63) is 59.1 Å². The molecule has 252 valence electrons. The molecule has 0 N–H and O–H groups in total. The number of hydrogen-bond donors (Lipinski definition) is 0. The third-order valence-corrected chi connectivity index (χ3v) is 6.60. The number of quaternary nitrogens is 1. The number of ether oxygens (including phenoxy) is 4. The van der Waals surface area contributed by atoms with Gasteiger partial charge >= 0.3 is 57.0 Å². The molecule has 0 atom stereocenters. The summed E-state index contributed by atoms with van der Waals surface area (Å²) in [6, 6.07) is 13.0. The summed E-state index contributed by atoms with van der Waals surface area (Å²) >= 11 is 12.0. The Kier molecular flexibility index (Phi) is 11.1. The Morgan fingerprint density at radius 1 is 0.522 bits per heavy atom. The quantitative estimate of drug-likeness (QED) is 0.101. The van der Waals surface area contributed by atoms with Crippen molar-refractivity contribution in [2.24, 2.45) is 0 Å². The van der Waals surface area contributed by atoms with Crippen LogP contribution in [0.4, 0.5) is 25.2 Å². The molecule has 1 aliphatic heterocycles. The van der Waals surface area contributed by atoms with E-state index in [2.05, 4.69) is 57.6 Å². The fourth-order valence-electron chi connectivity index (χ4n) is 3.78. The number of rotatable bonds is 4. The Bertz CT molecular complexity index is 1450. The molecule has 4 aromatic rings. The summed E-state index contributed by atoms with van der Waals surface area (Å²) in [5.41, 5.74) is 0. The van der Waals surface area contributed by atoms with Crippen LogP contribution in [0.25, 0.3) is 0 Å². The van der Waals surface area contributed by atoms with Crippen LogP contribution in [0.1, 0.15) is 27.7 Å². The molecule has 0 saturated heterocycles. The van der Waals surface area contributed by atoms with Gasteiger partial charge in [-0.3, -0.25) is 0 Å². The number of benzene rings is 2. The molecule has 20 heteroatoms. The SMILES string of the molecule is CC[N+](CC)(CC)CC.Clc1nc2nc(n1)Oc1cccc(c1)Oc1nc(Cl)nc(n1)Oc1cccc(c1)O2.F[P-](F)(F)(F)(F)F. The summed E-state index contributed by atoms with van der Waals surface area (Å²) in [6.07, 6.45) is 0. The summed E-state index contributed by atoms with van der Waals surface area (Å²) in [7, 11) is -10.7. The number of hydrogen-bond acceptors (Lipinski definition) is 10. The van der Waals surface area contributed by atoms with Gasteiger partial charge in [-0.25, -0.2) is 0 Å². The van der Waals surface area contributed by atoms with Crippen LogP contribution >= 0.6 is 31.0 Å². The van der Waals surface area contributed by atoms with Crippen molar-refractivity contribution < 1.29 is 48.6 Å². The zero-order valence-electron chi connectivity index (χ0n) is 24.7. The molecule has 0 fully saturated rings. The number of aromatic nitrogens is 6. The van der Waals surface area contributed by atoms with Gasteiger partial charge < -0.3 is 23.4 Å². The van der Waals surface area contributed by atoms with Crippen LogP contribution < -0.4 is 18.9 Å². The van der Waals surface area contributed by atoms with Crippen LogP contribution in [0.15, 0.2) is 48.5 Å². The average molecular weight is 718 g/mol. The van der Waals surface area contributed by atoms with Crippen molar-refractivity contribution in [1.29, 1.82) is 0 Å². The van der Waals surface area contributed by atoms with Gasteiger partial charge in [0, 0.05) is 12.1 Å². The van der Waals surface area contributed by atoms with E-state index in [0.29, 0.717) is 23.0 Å². The Hall–Kier alpha value is -3.79. The predicted octanol–water partition coefficient (Wildman–Crippen LogP) is 10.1. The van der Waals surface area contributed by atoms with Gasteiger partial charge in [-0.15, -0.1) is 9.97 Å². The van der Waals surface area contributed by atoms with Gasteiger partial charge in [-0.1, -0.05) is 12.1 Å². The summed E-state index contributed by atoms with van der Waals surface area (Å²) in [6.45, 7) is 14.2. The monoisotopic (exact) mass is 717 g/mol. The van der Waals surface area contributed by atoms with Gasteiger partial charge in [-0.05, 0) is 75.2 Å². The van der Waals surface area contributed by atoms with Crippen molar-refractivity contribution in [1.82, 2.24) is 29.9 Å². The Labute approximate surface area is 269 Å². The van der Waals surface area contributed by atoms with E-state index < -0.39 is 7.81 Å². The first-order valence-corrected chi connectivity index (χ1v) is 16.2. The minimum atomic E-state index is -10.7. The molecule has 0 spiro atoms. The van der Waals surface area contributed by atoms with Crippen molar-refractivity contribution in [3.63, 3.8) is 0 Å². The van der Waals surface area contributed by atoms with E-state index in [1.165, 1.54) is 30.7 Å². The summed E-state index contributed by atoms with van der Waals surface area (Å²) in [5, 5.41) is -0.198. The van der Waals surface area contributed by atoms with Crippen LogP contribution in [0.3, 0.4) is 0 Å². The maximum absolute atomic E-state index is 10.7. The normalized spacial score (nSPS) is 13.7. The molecule has 0 saturated carbocycles. The van der Waals surface area contributed by atoms with Gasteiger partial charge in [-0.2, -0.15) is 19.9 Å². The second-order valence-corrected chi connectivity index (χ2v) is 11.9. The summed E-state index contributed by atoms with van der Waals surface area (Å²) in [4.78, 5) is 24.0. The Morgan fingerprint density at radius 2 is 0.761 bits per heavy atom. The molecule has 2 aromatic carbocycles. The fourth-order valence-corrected chi connectivity index (χ4v) is 4.07. The maximum atomic E-state index is 9.87. The molecule has 11 nitrogen and oxygen atoms in total. The van der Waals surface area contributed by atoms with E-state index in [-0.39, 0.29) is 34.6 Å². The van der Waals surface area contributed by atoms with Crippen LogP contribution in [0.5, 0.6) is 47.0 Å². The summed E-state index contributed by atoms with van der Waals surface area (Å²) in [5.74, 6) is 1.47. The van der Waals surface area contributed by atoms with E-state index >= 15 is 0 Å². The average Bonchev–Trinajstić information content (AvgIpc) is 2.93. The van der Waals surface area contributed by atoms with Gasteiger partial charge in [0.2, 0.25) is 10.6 Å². The molecule has 0 aliphatic carbocycles. The first kappa shape index (κ1) is 36.7. The third kappa shape index (κ3) is 13.3. The van der Waals surface area contributed by atoms with E-state index in [1.54, 1.807) is 48.5 Å². The Balaban J connectivity index is 0.000000299. The minimum absolute atomic E-state index is 0.0628. The molecular formula is C26H28Cl2F6N7O4P. The van der Waals surface area contributed by atoms with Gasteiger partial charge in [0.1, 0.15) is 23.0 Å². The van der Waals surface area contributed by atoms with E-state index in [1.807, 2.05) is 0 Å². The third-order valence-electron chi connectivity index (χ3n) is 6.27. The van der Waals surface area contributed by atoms with Crippen LogP contribution in [-0.2, 0) is 0 Å². The number of fused-ring (bicyclic) bond motifs is 8. The molecule has 0 unspecified atom stereocenters.